The Morgan fingerprint density at radius 3 is 2.45 bits per heavy atom. The summed E-state index contributed by atoms with van der Waals surface area (Å²) in [6.45, 7) is 2.63. The smallest absolute Gasteiger partial charge is 0.229 e. The highest BCUT2D eigenvalue weighted by molar-refractivity contribution is 6.39. The Bertz CT molecular complexity index is 1250. The quantitative estimate of drug-likeness (QED) is 0.498. The molecule has 0 aliphatic carbocycles. The lowest BCUT2D eigenvalue weighted by Crippen LogP contribution is -2.16. The summed E-state index contributed by atoms with van der Waals surface area (Å²) >= 11 is 13.1. The van der Waals surface area contributed by atoms with Gasteiger partial charge in [-0.3, -0.25) is 0 Å². The molecular weight excluding hydrogens is 431 g/mol. The van der Waals surface area contributed by atoms with Gasteiger partial charge in [0, 0.05) is 29.6 Å². The molecule has 1 aromatic heterocycles. The highest BCUT2D eigenvalue weighted by Crippen LogP contribution is 2.43. The van der Waals surface area contributed by atoms with E-state index in [2.05, 4.69) is 16.4 Å². The maximum atomic E-state index is 8.96. The van der Waals surface area contributed by atoms with Crippen LogP contribution in [0.4, 0.5) is 23.1 Å². The minimum atomic E-state index is 0.452. The molecule has 1 aliphatic rings. The predicted octanol–water partition coefficient (Wildman–Crippen LogP) is 5.94. The van der Waals surface area contributed by atoms with Gasteiger partial charge in [0.15, 0.2) is 0 Å². The number of hydrogen-bond donors (Lipinski definition) is 1. The van der Waals surface area contributed by atoms with Gasteiger partial charge < -0.3 is 10.2 Å². The van der Waals surface area contributed by atoms with E-state index < -0.39 is 0 Å². The van der Waals surface area contributed by atoms with Gasteiger partial charge in [0.1, 0.15) is 5.82 Å². The summed E-state index contributed by atoms with van der Waals surface area (Å²) in [5, 5.41) is 21.9. The van der Waals surface area contributed by atoms with Crippen molar-refractivity contribution in [2.75, 3.05) is 16.8 Å². The first-order valence-corrected chi connectivity index (χ1v) is 10.2. The molecule has 4 rings (SSSR count). The number of allylic oxidation sites excluding steroid dienone is 1. The molecule has 2 heterocycles. The lowest BCUT2D eigenvalue weighted by atomic mass is 10.1. The molecule has 1 N–H and O–H groups in total. The van der Waals surface area contributed by atoms with Crippen molar-refractivity contribution >= 4 is 52.4 Å². The fourth-order valence-corrected chi connectivity index (χ4v) is 4.24. The monoisotopic (exact) mass is 446 g/mol. The van der Waals surface area contributed by atoms with Crippen molar-refractivity contribution in [3.63, 3.8) is 0 Å². The first-order chi connectivity index (χ1) is 15.0. The first-order valence-electron chi connectivity index (χ1n) is 9.47. The van der Waals surface area contributed by atoms with Gasteiger partial charge in [0.2, 0.25) is 5.95 Å². The van der Waals surface area contributed by atoms with Gasteiger partial charge in [-0.15, -0.1) is 0 Å². The standard InChI is InChI=1S/C23H16Cl2N6/c1-14-18-8-10-31(21-19(24)11-16(3-2-9-26)12-20(21)25)22(18)30-23(28-14)29-17-6-4-15(13-27)5-7-17/h2-7,11-12H,8,10H2,1H3,(H,28,29,30)/b3-2+. The van der Waals surface area contributed by atoms with Crippen molar-refractivity contribution in [3.8, 4) is 12.1 Å². The Morgan fingerprint density at radius 2 is 1.81 bits per heavy atom. The summed E-state index contributed by atoms with van der Waals surface area (Å²) < 4.78 is 0. The van der Waals surface area contributed by atoms with Gasteiger partial charge in [-0.05, 0) is 61.4 Å². The summed E-state index contributed by atoms with van der Waals surface area (Å²) in [6.07, 6.45) is 3.82. The summed E-state index contributed by atoms with van der Waals surface area (Å²) in [5.74, 6) is 1.21. The van der Waals surface area contributed by atoms with E-state index in [0.29, 0.717) is 33.8 Å². The van der Waals surface area contributed by atoms with Crippen LogP contribution in [-0.2, 0) is 6.42 Å². The maximum absolute atomic E-state index is 8.96. The van der Waals surface area contributed by atoms with Crippen LogP contribution in [0.25, 0.3) is 6.08 Å². The Balaban J connectivity index is 1.70. The number of anilines is 4. The van der Waals surface area contributed by atoms with E-state index in [1.54, 1.807) is 30.3 Å². The first kappa shape index (κ1) is 20.7. The fourth-order valence-electron chi connectivity index (χ4n) is 3.53. The van der Waals surface area contributed by atoms with Crippen LogP contribution in [0, 0.1) is 29.6 Å². The second kappa shape index (κ2) is 8.65. The predicted molar refractivity (Wildman–Crippen MR) is 123 cm³/mol. The van der Waals surface area contributed by atoms with Crippen molar-refractivity contribution in [1.82, 2.24) is 9.97 Å². The van der Waals surface area contributed by atoms with Crippen LogP contribution in [0.5, 0.6) is 0 Å². The lowest BCUT2D eigenvalue weighted by molar-refractivity contribution is 0.986. The molecule has 0 amide bonds. The normalized spacial score (nSPS) is 12.5. The number of rotatable bonds is 4. The van der Waals surface area contributed by atoms with E-state index in [4.69, 9.17) is 38.7 Å². The second-order valence-corrected chi connectivity index (χ2v) is 7.76. The van der Waals surface area contributed by atoms with E-state index in [1.807, 2.05) is 30.0 Å². The average molecular weight is 447 g/mol. The number of aromatic nitrogens is 2. The van der Waals surface area contributed by atoms with Crippen LogP contribution >= 0.6 is 23.2 Å². The van der Waals surface area contributed by atoms with Crippen molar-refractivity contribution in [2.45, 2.75) is 13.3 Å². The molecular formula is C23H16Cl2N6. The summed E-state index contributed by atoms with van der Waals surface area (Å²) in [6, 6.07) is 14.7. The van der Waals surface area contributed by atoms with E-state index in [9.17, 15) is 0 Å². The van der Waals surface area contributed by atoms with Crippen molar-refractivity contribution in [2.24, 2.45) is 0 Å². The summed E-state index contributed by atoms with van der Waals surface area (Å²) in [7, 11) is 0. The number of halogens is 2. The summed E-state index contributed by atoms with van der Waals surface area (Å²) in [5.41, 5.74) is 4.73. The van der Waals surface area contributed by atoms with Crippen LogP contribution in [0.3, 0.4) is 0 Å². The van der Waals surface area contributed by atoms with E-state index in [1.165, 1.54) is 6.08 Å². The largest absolute Gasteiger partial charge is 0.324 e. The number of fused-ring (bicyclic) bond motifs is 1. The van der Waals surface area contributed by atoms with Crippen LogP contribution < -0.4 is 10.2 Å². The van der Waals surface area contributed by atoms with Crippen LogP contribution in [0.2, 0.25) is 10.0 Å². The third-order valence-corrected chi connectivity index (χ3v) is 5.54. The number of hydrogen-bond acceptors (Lipinski definition) is 6. The van der Waals surface area contributed by atoms with Crippen LogP contribution in [-0.4, -0.2) is 16.5 Å². The summed E-state index contributed by atoms with van der Waals surface area (Å²) in [4.78, 5) is 11.3. The molecule has 2 aromatic carbocycles. The molecule has 1 aliphatic heterocycles. The van der Waals surface area contributed by atoms with E-state index in [-0.39, 0.29) is 0 Å². The fraction of sp³-hybridized carbons (Fsp3) is 0.130. The Kier molecular flexibility index (Phi) is 5.77. The molecule has 152 valence electrons. The minimum absolute atomic E-state index is 0.452. The number of benzene rings is 2. The Morgan fingerprint density at radius 1 is 1.10 bits per heavy atom. The topological polar surface area (TPSA) is 88.6 Å². The Hall–Kier alpha value is -3.58. The third-order valence-electron chi connectivity index (χ3n) is 4.96. The molecule has 6 nitrogen and oxygen atoms in total. The molecule has 0 radical (unpaired) electrons. The zero-order valence-corrected chi connectivity index (χ0v) is 18.0. The highest BCUT2D eigenvalue weighted by Gasteiger charge is 2.28. The number of aryl methyl sites for hydroxylation is 1. The third kappa shape index (κ3) is 4.18. The van der Waals surface area contributed by atoms with Gasteiger partial charge in [0.05, 0.1) is 33.4 Å². The van der Waals surface area contributed by atoms with Gasteiger partial charge in [-0.2, -0.15) is 15.5 Å². The molecule has 0 unspecified atom stereocenters. The van der Waals surface area contributed by atoms with Crippen molar-refractivity contribution < 1.29 is 0 Å². The van der Waals surface area contributed by atoms with Crippen LogP contribution in [0.15, 0.2) is 42.5 Å². The average Bonchev–Trinajstić information content (AvgIpc) is 3.16. The van der Waals surface area contributed by atoms with Gasteiger partial charge in [-0.1, -0.05) is 23.2 Å². The Labute approximate surface area is 190 Å². The van der Waals surface area contributed by atoms with Crippen LogP contribution in [0.1, 0.15) is 22.4 Å². The molecule has 0 atom stereocenters. The number of nitriles is 2. The second-order valence-electron chi connectivity index (χ2n) is 6.95. The zero-order valence-electron chi connectivity index (χ0n) is 16.5. The zero-order chi connectivity index (χ0) is 22.0. The molecule has 0 fully saturated rings. The molecule has 31 heavy (non-hydrogen) atoms. The van der Waals surface area contributed by atoms with Crippen molar-refractivity contribution in [3.05, 3.63) is 74.9 Å². The lowest BCUT2D eigenvalue weighted by Gasteiger charge is -2.22. The molecule has 0 saturated carbocycles. The van der Waals surface area contributed by atoms with Gasteiger partial charge in [-0.25, -0.2) is 4.98 Å². The highest BCUT2D eigenvalue weighted by atomic mass is 35.5. The van der Waals surface area contributed by atoms with Gasteiger partial charge >= 0.3 is 0 Å². The van der Waals surface area contributed by atoms with Gasteiger partial charge in [0.25, 0.3) is 0 Å². The molecule has 0 bridgehead atoms. The molecule has 0 saturated heterocycles. The number of nitrogens with one attached hydrogen (secondary N) is 1. The van der Waals surface area contributed by atoms with E-state index in [0.717, 1.165) is 34.7 Å². The van der Waals surface area contributed by atoms with E-state index >= 15 is 0 Å². The maximum Gasteiger partial charge on any atom is 0.229 e. The molecule has 3 aromatic rings. The molecule has 0 spiro atoms. The SMILES string of the molecule is Cc1nc(Nc2ccc(C#N)cc2)nc2c1CCN2c1c(Cl)cc(/C=C/C#N)cc1Cl. The van der Waals surface area contributed by atoms with Crippen molar-refractivity contribution in [1.29, 1.82) is 10.5 Å². The molecule has 8 heteroatoms. The minimum Gasteiger partial charge on any atom is -0.324 e. The number of nitrogens with zero attached hydrogens (tertiary/aromatic N) is 5.